The van der Waals surface area contributed by atoms with Gasteiger partial charge in [0.25, 0.3) is 5.91 Å². The van der Waals surface area contributed by atoms with Crippen LogP contribution in [0.1, 0.15) is 36.5 Å². The van der Waals surface area contributed by atoms with Crippen LogP contribution in [0.3, 0.4) is 0 Å². The number of nitrogens with zero attached hydrogens (tertiary/aromatic N) is 1. The number of likely N-dealkylation sites (tertiary alicyclic amines) is 1. The zero-order valence-electron chi connectivity index (χ0n) is 11.0. The molecule has 1 heterocycles. The number of amides is 1. The third-order valence-electron chi connectivity index (χ3n) is 3.76. The minimum Gasteiger partial charge on any atom is -0.480 e. The topological polar surface area (TPSA) is 57.6 Å². The van der Waals surface area contributed by atoms with E-state index in [1.807, 2.05) is 0 Å². The highest BCUT2D eigenvalue weighted by Gasteiger charge is 2.44. The van der Waals surface area contributed by atoms with E-state index >= 15 is 0 Å². The molecule has 1 aromatic rings. The standard InChI is InChI=1S/C14H15BrFNO3/c1-14(13(19)20)6-2-3-7-17(14)12(18)10-5-4-9(16)8-11(10)15/h4-5,8H,2-3,6-7H2,1H3,(H,19,20). The maximum absolute atomic E-state index is 13.1. The van der Waals surface area contributed by atoms with Gasteiger partial charge < -0.3 is 10.0 Å². The summed E-state index contributed by atoms with van der Waals surface area (Å²) < 4.78 is 13.4. The van der Waals surface area contributed by atoms with Crippen LogP contribution in [0.15, 0.2) is 22.7 Å². The predicted molar refractivity (Wildman–Crippen MR) is 75.0 cm³/mol. The van der Waals surface area contributed by atoms with Gasteiger partial charge in [0.1, 0.15) is 11.4 Å². The molecule has 0 aromatic heterocycles. The quantitative estimate of drug-likeness (QED) is 0.897. The molecule has 0 spiro atoms. The summed E-state index contributed by atoms with van der Waals surface area (Å²) in [5, 5.41) is 9.41. The van der Waals surface area contributed by atoms with Gasteiger partial charge in [0.2, 0.25) is 0 Å². The Labute approximate surface area is 124 Å². The molecule has 4 nitrogen and oxygen atoms in total. The molecule has 2 rings (SSSR count). The van der Waals surface area contributed by atoms with Gasteiger partial charge in [-0.25, -0.2) is 9.18 Å². The number of piperidine rings is 1. The van der Waals surface area contributed by atoms with Crippen LogP contribution in [0.5, 0.6) is 0 Å². The van der Waals surface area contributed by atoms with E-state index in [0.717, 1.165) is 12.8 Å². The third-order valence-corrected chi connectivity index (χ3v) is 4.41. The first-order valence-corrected chi connectivity index (χ1v) is 7.16. The van der Waals surface area contributed by atoms with Crippen molar-refractivity contribution >= 4 is 27.8 Å². The smallest absolute Gasteiger partial charge is 0.329 e. The first-order chi connectivity index (χ1) is 9.36. The fourth-order valence-corrected chi connectivity index (χ4v) is 3.00. The fourth-order valence-electron chi connectivity index (χ4n) is 2.48. The minimum atomic E-state index is -1.21. The van der Waals surface area contributed by atoms with E-state index in [-0.39, 0.29) is 11.5 Å². The number of carboxylic acids is 1. The second kappa shape index (κ2) is 5.52. The number of benzene rings is 1. The van der Waals surface area contributed by atoms with Crippen LogP contribution in [-0.4, -0.2) is 34.0 Å². The molecule has 6 heteroatoms. The average molecular weight is 344 g/mol. The summed E-state index contributed by atoms with van der Waals surface area (Å²) in [6, 6.07) is 3.77. The van der Waals surface area contributed by atoms with Crippen LogP contribution in [0, 0.1) is 5.82 Å². The van der Waals surface area contributed by atoms with E-state index in [0.29, 0.717) is 17.4 Å². The molecule has 1 atom stereocenters. The summed E-state index contributed by atoms with van der Waals surface area (Å²) in [6.45, 7) is 1.95. The normalized spacial score (nSPS) is 22.6. The van der Waals surface area contributed by atoms with Crippen LogP contribution < -0.4 is 0 Å². The molecular weight excluding hydrogens is 329 g/mol. The van der Waals surface area contributed by atoms with Crippen molar-refractivity contribution < 1.29 is 19.1 Å². The number of carbonyl (C=O) groups is 2. The lowest BCUT2D eigenvalue weighted by Crippen LogP contribution is -2.57. The van der Waals surface area contributed by atoms with Crippen molar-refractivity contribution in [3.63, 3.8) is 0 Å². The van der Waals surface area contributed by atoms with Gasteiger partial charge in [-0.15, -0.1) is 0 Å². The summed E-state index contributed by atoms with van der Waals surface area (Å²) in [4.78, 5) is 25.4. The Balaban J connectivity index is 2.37. The van der Waals surface area contributed by atoms with E-state index in [2.05, 4.69) is 15.9 Å². The zero-order valence-corrected chi connectivity index (χ0v) is 12.6. The van der Waals surface area contributed by atoms with Crippen LogP contribution in [-0.2, 0) is 4.79 Å². The van der Waals surface area contributed by atoms with Gasteiger partial charge >= 0.3 is 5.97 Å². The number of rotatable bonds is 2. The van der Waals surface area contributed by atoms with Gasteiger partial charge in [0.15, 0.2) is 0 Å². The van der Waals surface area contributed by atoms with Crippen LogP contribution in [0.25, 0.3) is 0 Å². The van der Waals surface area contributed by atoms with Crippen molar-refractivity contribution in [3.8, 4) is 0 Å². The Morgan fingerprint density at radius 2 is 2.10 bits per heavy atom. The van der Waals surface area contributed by atoms with Gasteiger partial charge in [0, 0.05) is 11.0 Å². The molecule has 1 aliphatic heterocycles. The molecule has 1 saturated heterocycles. The Hall–Kier alpha value is -1.43. The van der Waals surface area contributed by atoms with Crippen molar-refractivity contribution in [2.75, 3.05) is 6.54 Å². The number of aliphatic carboxylic acids is 1. The summed E-state index contributed by atoms with van der Waals surface area (Å²) >= 11 is 3.15. The largest absolute Gasteiger partial charge is 0.480 e. The summed E-state index contributed by atoms with van der Waals surface area (Å²) in [7, 11) is 0. The van der Waals surface area contributed by atoms with Crippen LogP contribution in [0.2, 0.25) is 0 Å². The van der Waals surface area contributed by atoms with Crippen molar-refractivity contribution in [1.82, 2.24) is 4.90 Å². The number of halogens is 2. The van der Waals surface area contributed by atoms with Gasteiger partial charge in [0.05, 0.1) is 5.56 Å². The number of carbonyl (C=O) groups excluding carboxylic acids is 1. The molecule has 0 aliphatic carbocycles. The van der Waals surface area contributed by atoms with Crippen LogP contribution >= 0.6 is 15.9 Å². The van der Waals surface area contributed by atoms with Crippen molar-refractivity contribution in [2.24, 2.45) is 0 Å². The summed E-state index contributed by atoms with van der Waals surface area (Å²) in [5.41, 5.74) is -0.927. The first-order valence-electron chi connectivity index (χ1n) is 6.36. The van der Waals surface area contributed by atoms with E-state index in [1.165, 1.54) is 23.1 Å². The van der Waals surface area contributed by atoms with Crippen LogP contribution in [0.4, 0.5) is 4.39 Å². The van der Waals surface area contributed by atoms with Gasteiger partial charge in [-0.05, 0) is 60.3 Å². The monoisotopic (exact) mass is 343 g/mol. The molecule has 1 unspecified atom stereocenters. The van der Waals surface area contributed by atoms with Crippen molar-refractivity contribution in [3.05, 3.63) is 34.1 Å². The number of hydrogen-bond donors (Lipinski definition) is 1. The maximum atomic E-state index is 13.1. The predicted octanol–water partition coefficient (Wildman–Crippen LogP) is 3.06. The SMILES string of the molecule is CC1(C(=O)O)CCCCN1C(=O)c1ccc(F)cc1Br. The fraction of sp³-hybridized carbons (Fsp3) is 0.429. The van der Waals surface area contributed by atoms with Crippen molar-refractivity contribution in [1.29, 1.82) is 0 Å². The number of carboxylic acid groups (broad SMARTS) is 1. The lowest BCUT2D eigenvalue weighted by atomic mass is 9.88. The highest BCUT2D eigenvalue weighted by Crippen LogP contribution is 2.31. The van der Waals surface area contributed by atoms with E-state index < -0.39 is 17.3 Å². The molecule has 1 fully saturated rings. The minimum absolute atomic E-state index is 0.278. The van der Waals surface area contributed by atoms with E-state index in [9.17, 15) is 19.1 Å². The third kappa shape index (κ3) is 2.57. The summed E-state index contributed by atoms with van der Waals surface area (Å²) in [6.07, 6.45) is 1.97. The first kappa shape index (κ1) is 15.0. The lowest BCUT2D eigenvalue weighted by molar-refractivity contribution is -0.150. The number of hydrogen-bond acceptors (Lipinski definition) is 2. The molecule has 1 amide bonds. The Bertz CT molecular complexity index is 563. The van der Waals surface area contributed by atoms with Gasteiger partial charge in [-0.2, -0.15) is 0 Å². The van der Waals surface area contributed by atoms with Gasteiger partial charge in [-0.3, -0.25) is 4.79 Å². The highest BCUT2D eigenvalue weighted by atomic mass is 79.9. The Morgan fingerprint density at radius 3 is 2.70 bits per heavy atom. The maximum Gasteiger partial charge on any atom is 0.329 e. The Kier molecular flexibility index (Phi) is 4.13. The summed E-state index contributed by atoms with van der Waals surface area (Å²) in [5.74, 6) is -1.85. The molecule has 1 aromatic carbocycles. The highest BCUT2D eigenvalue weighted by molar-refractivity contribution is 9.10. The van der Waals surface area contributed by atoms with Gasteiger partial charge in [-0.1, -0.05) is 0 Å². The molecule has 0 radical (unpaired) electrons. The van der Waals surface area contributed by atoms with E-state index in [4.69, 9.17) is 0 Å². The molecular formula is C14H15BrFNO3. The lowest BCUT2D eigenvalue weighted by Gasteiger charge is -2.41. The molecule has 20 heavy (non-hydrogen) atoms. The molecule has 108 valence electrons. The molecule has 0 bridgehead atoms. The average Bonchev–Trinajstić information content (AvgIpc) is 2.38. The second-order valence-corrected chi connectivity index (χ2v) is 5.97. The molecule has 0 saturated carbocycles. The van der Waals surface area contributed by atoms with E-state index in [1.54, 1.807) is 6.92 Å². The zero-order chi connectivity index (χ0) is 14.9. The van der Waals surface area contributed by atoms with Crippen molar-refractivity contribution in [2.45, 2.75) is 31.7 Å². The molecule has 1 aliphatic rings. The molecule has 1 N–H and O–H groups in total. The second-order valence-electron chi connectivity index (χ2n) is 5.12. The Morgan fingerprint density at radius 1 is 1.40 bits per heavy atom.